The molecule has 8 heteroatoms. The predicted octanol–water partition coefficient (Wildman–Crippen LogP) is 1.29. The van der Waals surface area contributed by atoms with Gasteiger partial charge >= 0.3 is 0 Å². The summed E-state index contributed by atoms with van der Waals surface area (Å²) in [5.41, 5.74) is -0.153. The van der Waals surface area contributed by atoms with Gasteiger partial charge < -0.3 is 14.8 Å². The zero-order valence-corrected chi connectivity index (χ0v) is 13.0. The Hall–Kier alpha value is -2.45. The summed E-state index contributed by atoms with van der Waals surface area (Å²) in [5, 5.41) is 14.8. The number of rotatable bonds is 6. The highest BCUT2D eigenvalue weighted by Gasteiger charge is 2.12. The van der Waals surface area contributed by atoms with Gasteiger partial charge in [0.2, 0.25) is 5.91 Å². The molecule has 120 valence electrons. The van der Waals surface area contributed by atoms with E-state index in [1.807, 2.05) is 5.38 Å². The molecule has 0 aliphatic carbocycles. The fraction of sp³-hybridized carbons (Fsp3) is 0.267. The highest BCUT2D eigenvalue weighted by Crippen LogP contribution is 2.13. The molecule has 0 aliphatic heterocycles. The van der Waals surface area contributed by atoms with Crippen molar-refractivity contribution in [2.45, 2.75) is 19.1 Å². The van der Waals surface area contributed by atoms with Crippen LogP contribution in [-0.2, 0) is 11.3 Å². The van der Waals surface area contributed by atoms with Crippen LogP contribution in [0.2, 0.25) is 0 Å². The predicted molar refractivity (Wildman–Crippen MR) is 85.2 cm³/mol. The number of hydrogen-bond donors (Lipinski definition) is 2. The Bertz CT molecular complexity index is 853. The number of nitrogens with zero attached hydrogens (tertiary/aromatic N) is 2. The molecule has 0 radical (unpaired) electrons. The molecule has 0 aliphatic rings. The lowest BCUT2D eigenvalue weighted by Gasteiger charge is -2.10. The number of aromatic nitrogens is 2. The molecule has 1 unspecified atom stereocenters. The molecule has 0 saturated heterocycles. The number of amides is 1. The SMILES string of the molecule is O=C(CCn1cnc2sccc2c1=O)NCC(O)c1ccco1. The molecular weight excluding hydrogens is 318 g/mol. The third kappa shape index (κ3) is 3.49. The quantitative estimate of drug-likeness (QED) is 0.708. The second-order valence-electron chi connectivity index (χ2n) is 4.97. The Morgan fingerprint density at radius 1 is 1.48 bits per heavy atom. The molecule has 2 N–H and O–H groups in total. The Labute approximate surface area is 135 Å². The Morgan fingerprint density at radius 3 is 3.13 bits per heavy atom. The summed E-state index contributed by atoms with van der Waals surface area (Å²) in [5.74, 6) is 0.140. The Kier molecular flexibility index (Phi) is 4.54. The minimum atomic E-state index is -0.888. The second-order valence-corrected chi connectivity index (χ2v) is 5.86. The van der Waals surface area contributed by atoms with Crippen molar-refractivity contribution in [1.29, 1.82) is 0 Å². The van der Waals surface area contributed by atoms with E-state index in [0.717, 1.165) is 0 Å². The Morgan fingerprint density at radius 2 is 2.35 bits per heavy atom. The molecule has 0 fully saturated rings. The van der Waals surface area contributed by atoms with Crippen LogP contribution in [0.3, 0.4) is 0 Å². The van der Waals surface area contributed by atoms with E-state index in [0.29, 0.717) is 16.0 Å². The van der Waals surface area contributed by atoms with Gasteiger partial charge in [-0.15, -0.1) is 11.3 Å². The standard InChI is InChI=1S/C15H15N3O4S/c19-11(12-2-1-6-22-12)8-16-13(20)3-5-18-9-17-14-10(15(18)21)4-7-23-14/h1-2,4,6-7,9,11,19H,3,5,8H2,(H,16,20). The minimum Gasteiger partial charge on any atom is -0.467 e. The number of aryl methyl sites for hydroxylation is 1. The van der Waals surface area contributed by atoms with Gasteiger partial charge in [-0.05, 0) is 23.6 Å². The first-order chi connectivity index (χ1) is 11.1. The molecule has 1 amide bonds. The van der Waals surface area contributed by atoms with Crippen LogP contribution >= 0.6 is 11.3 Å². The lowest BCUT2D eigenvalue weighted by atomic mass is 10.2. The zero-order valence-electron chi connectivity index (χ0n) is 12.1. The molecule has 3 aromatic rings. The molecular formula is C15H15N3O4S. The largest absolute Gasteiger partial charge is 0.467 e. The summed E-state index contributed by atoms with van der Waals surface area (Å²) in [6, 6.07) is 5.03. The first-order valence-corrected chi connectivity index (χ1v) is 7.94. The van der Waals surface area contributed by atoms with E-state index in [4.69, 9.17) is 4.42 Å². The van der Waals surface area contributed by atoms with Crippen molar-refractivity contribution in [2.24, 2.45) is 0 Å². The van der Waals surface area contributed by atoms with Gasteiger partial charge in [-0.2, -0.15) is 0 Å². The van der Waals surface area contributed by atoms with Gasteiger partial charge in [0.1, 0.15) is 16.7 Å². The van der Waals surface area contributed by atoms with Gasteiger partial charge in [-0.3, -0.25) is 14.2 Å². The smallest absolute Gasteiger partial charge is 0.262 e. The summed E-state index contributed by atoms with van der Waals surface area (Å²) >= 11 is 1.40. The van der Waals surface area contributed by atoms with Crippen molar-refractivity contribution in [3.63, 3.8) is 0 Å². The summed E-state index contributed by atoms with van der Waals surface area (Å²) in [6.45, 7) is 0.295. The normalized spacial score (nSPS) is 12.4. The van der Waals surface area contributed by atoms with Crippen molar-refractivity contribution >= 4 is 27.5 Å². The number of aliphatic hydroxyl groups excluding tert-OH is 1. The number of fused-ring (bicyclic) bond motifs is 1. The van der Waals surface area contributed by atoms with E-state index in [1.165, 1.54) is 28.5 Å². The number of nitrogens with one attached hydrogen (secondary N) is 1. The van der Waals surface area contributed by atoms with Crippen LogP contribution in [0.1, 0.15) is 18.3 Å². The third-order valence-corrected chi connectivity index (χ3v) is 4.22. The molecule has 23 heavy (non-hydrogen) atoms. The first-order valence-electron chi connectivity index (χ1n) is 7.06. The molecule has 3 rings (SSSR count). The average molecular weight is 333 g/mol. The van der Waals surface area contributed by atoms with Gasteiger partial charge in [-0.25, -0.2) is 4.98 Å². The highest BCUT2D eigenvalue weighted by molar-refractivity contribution is 7.16. The number of carbonyl (C=O) groups is 1. The van der Waals surface area contributed by atoms with Gasteiger partial charge in [0.05, 0.1) is 24.5 Å². The van der Waals surface area contributed by atoms with Crippen molar-refractivity contribution in [3.8, 4) is 0 Å². The van der Waals surface area contributed by atoms with Crippen molar-refractivity contribution < 1.29 is 14.3 Å². The van der Waals surface area contributed by atoms with Crippen LogP contribution in [0, 0.1) is 0 Å². The number of thiophene rings is 1. The highest BCUT2D eigenvalue weighted by atomic mass is 32.1. The van der Waals surface area contributed by atoms with E-state index < -0.39 is 6.10 Å². The maximum absolute atomic E-state index is 12.2. The van der Waals surface area contributed by atoms with Crippen LogP contribution in [0.5, 0.6) is 0 Å². The fourth-order valence-electron chi connectivity index (χ4n) is 2.15. The first kappa shape index (κ1) is 15.4. The third-order valence-electron chi connectivity index (χ3n) is 3.39. The van der Waals surface area contributed by atoms with Crippen LogP contribution < -0.4 is 10.9 Å². The molecule has 1 atom stereocenters. The summed E-state index contributed by atoms with van der Waals surface area (Å²) in [6.07, 6.45) is 2.15. The monoisotopic (exact) mass is 333 g/mol. The fourth-order valence-corrected chi connectivity index (χ4v) is 2.88. The number of aliphatic hydroxyl groups is 1. The minimum absolute atomic E-state index is 0.0586. The number of furan rings is 1. The summed E-state index contributed by atoms with van der Waals surface area (Å²) < 4.78 is 6.47. The van der Waals surface area contributed by atoms with Crippen LogP contribution in [-0.4, -0.2) is 27.1 Å². The maximum Gasteiger partial charge on any atom is 0.262 e. The van der Waals surface area contributed by atoms with Crippen LogP contribution in [0.25, 0.3) is 10.2 Å². The molecule has 3 heterocycles. The van der Waals surface area contributed by atoms with E-state index in [1.54, 1.807) is 18.2 Å². The second kappa shape index (κ2) is 6.76. The molecule has 0 aromatic carbocycles. The topological polar surface area (TPSA) is 97.4 Å². The van der Waals surface area contributed by atoms with Gasteiger partial charge in [0.15, 0.2) is 0 Å². The van der Waals surface area contributed by atoms with Crippen molar-refractivity contribution in [2.75, 3.05) is 6.54 Å². The van der Waals surface area contributed by atoms with Gasteiger partial charge in [0, 0.05) is 13.0 Å². The lowest BCUT2D eigenvalue weighted by molar-refractivity contribution is -0.121. The van der Waals surface area contributed by atoms with Gasteiger partial charge in [-0.1, -0.05) is 0 Å². The maximum atomic E-state index is 12.2. The van der Waals surface area contributed by atoms with Gasteiger partial charge in [0.25, 0.3) is 5.56 Å². The molecule has 0 bridgehead atoms. The van der Waals surface area contributed by atoms with Crippen molar-refractivity contribution in [1.82, 2.24) is 14.9 Å². The van der Waals surface area contributed by atoms with E-state index in [9.17, 15) is 14.7 Å². The van der Waals surface area contributed by atoms with E-state index >= 15 is 0 Å². The average Bonchev–Trinajstić information content (AvgIpc) is 3.23. The molecule has 0 saturated carbocycles. The van der Waals surface area contributed by atoms with E-state index in [2.05, 4.69) is 10.3 Å². The Balaban J connectivity index is 1.54. The number of hydrogen-bond acceptors (Lipinski definition) is 6. The molecule has 3 aromatic heterocycles. The molecule has 7 nitrogen and oxygen atoms in total. The van der Waals surface area contributed by atoms with Crippen LogP contribution in [0.4, 0.5) is 0 Å². The van der Waals surface area contributed by atoms with Crippen LogP contribution in [0.15, 0.2) is 45.4 Å². The van der Waals surface area contributed by atoms with Crippen molar-refractivity contribution in [3.05, 3.63) is 52.3 Å². The number of carbonyl (C=O) groups excluding carboxylic acids is 1. The summed E-state index contributed by atoms with van der Waals surface area (Å²) in [4.78, 5) is 28.9. The van der Waals surface area contributed by atoms with E-state index in [-0.39, 0.29) is 31.0 Å². The lowest BCUT2D eigenvalue weighted by Crippen LogP contribution is -2.30. The zero-order chi connectivity index (χ0) is 16.2. The summed E-state index contributed by atoms with van der Waals surface area (Å²) in [7, 11) is 0. The molecule has 0 spiro atoms.